The van der Waals surface area contributed by atoms with Gasteiger partial charge >= 0.3 is 0 Å². The van der Waals surface area contributed by atoms with Crippen LogP contribution in [0.25, 0.3) is 0 Å². The summed E-state index contributed by atoms with van der Waals surface area (Å²) in [5, 5.41) is 3.10. The number of hydrogen-bond acceptors (Lipinski definition) is 1. The van der Waals surface area contributed by atoms with Crippen molar-refractivity contribution in [3.05, 3.63) is 65.2 Å². The van der Waals surface area contributed by atoms with Gasteiger partial charge in [-0.05, 0) is 41.5 Å². The molecule has 1 aliphatic heterocycles. The smallest absolute Gasteiger partial charge is 0.231 e. The molecule has 1 atom stereocenters. The number of carbonyl (C=O) groups excluding carboxylic acids is 1. The van der Waals surface area contributed by atoms with Gasteiger partial charge in [0.15, 0.2) is 0 Å². The number of anilines is 1. The van der Waals surface area contributed by atoms with Crippen molar-refractivity contribution < 1.29 is 4.79 Å². The molecule has 3 rings (SSSR count). The summed E-state index contributed by atoms with van der Waals surface area (Å²) >= 11 is 0. The molecule has 0 bridgehead atoms. The average molecular weight is 279 g/mol. The molecule has 0 radical (unpaired) electrons. The second kappa shape index (κ2) is 5.72. The van der Waals surface area contributed by atoms with Gasteiger partial charge in [0.25, 0.3) is 0 Å². The van der Waals surface area contributed by atoms with E-state index in [1.807, 2.05) is 30.3 Å². The summed E-state index contributed by atoms with van der Waals surface area (Å²) < 4.78 is 0. The number of nitrogens with one attached hydrogen (secondary N) is 1. The molecule has 0 fully saturated rings. The molecule has 0 spiro atoms. The summed E-state index contributed by atoms with van der Waals surface area (Å²) in [6.07, 6.45) is 1.80. The van der Waals surface area contributed by atoms with Gasteiger partial charge in [-0.15, -0.1) is 0 Å². The molecule has 0 aliphatic carbocycles. The fourth-order valence-corrected chi connectivity index (χ4v) is 2.96. The van der Waals surface area contributed by atoms with E-state index in [9.17, 15) is 4.79 Å². The van der Waals surface area contributed by atoms with Crippen LogP contribution in [0.2, 0.25) is 0 Å². The highest BCUT2D eigenvalue weighted by Gasteiger charge is 2.25. The SMILES string of the molecule is CC(C)c1ccc2c(c1)CC[C@H](c1ccccc1)C(=O)N2. The molecule has 2 aromatic rings. The lowest BCUT2D eigenvalue weighted by Crippen LogP contribution is -2.19. The van der Waals surface area contributed by atoms with Crippen LogP contribution in [0.1, 0.15) is 48.8 Å². The number of carbonyl (C=O) groups is 1. The zero-order valence-electron chi connectivity index (χ0n) is 12.6. The lowest BCUT2D eigenvalue weighted by atomic mass is 9.92. The first-order valence-corrected chi connectivity index (χ1v) is 7.64. The van der Waals surface area contributed by atoms with Gasteiger partial charge in [-0.1, -0.05) is 56.3 Å². The van der Waals surface area contributed by atoms with E-state index in [1.54, 1.807) is 0 Å². The summed E-state index contributed by atoms with van der Waals surface area (Å²) in [5.74, 6) is 0.567. The number of benzene rings is 2. The summed E-state index contributed by atoms with van der Waals surface area (Å²) in [7, 11) is 0. The van der Waals surface area contributed by atoms with Crippen molar-refractivity contribution >= 4 is 11.6 Å². The van der Waals surface area contributed by atoms with Crippen molar-refractivity contribution in [1.29, 1.82) is 0 Å². The lowest BCUT2D eigenvalue weighted by Gasteiger charge is -2.13. The van der Waals surface area contributed by atoms with Gasteiger partial charge in [0, 0.05) is 5.69 Å². The molecule has 1 N–H and O–H groups in total. The zero-order chi connectivity index (χ0) is 14.8. The minimum absolute atomic E-state index is 0.0545. The van der Waals surface area contributed by atoms with Gasteiger partial charge in [0.1, 0.15) is 0 Å². The maximum absolute atomic E-state index is 12.5. The number of rotatable bonds is 2. The van der Waals surface area contributed by atoms with Gasteiger partial charge in [-0.3, -0.25) is 4.79 Å². The highest BCUT2D eigenvalue weighted by Crippen LogP contribution is 2.31. The van der Waals surface area contributed by atoms with Crippen LogP contribution in [0.3, 0.4) is 0 Å². The fourth-order valence-electron chi connectivity index (χ4n) is 2.96. The number of amides is 1. The molecule has 0 aromatic heterocycles. The minimum Gasteiger partial charge on any atom is -0.325 e. The molecule has 1 heterocycles. The molecule has 108 valence electrons. The lowest BCUT2D eigenvalue weighted by molar-refractivity contribution is -0.117. The van der Waals surface area contributed by atoms with Gasteiger partial charge in [-0.25, -0.2) is 0 Å². The Hall–Kier alpha value is -2.09. The third-order valence-electron chi connectivity index (χ3n) is 4.27. The third kappa shape index (κ3) is 2.85. The van der Waals surface area contributed by atoms with E-state index in [4.69, 9.17) is 0 Å². The second-order valence-corrected chi connectivity index (χ2v) is 6.06. The summed E-state index contributed by atoms with van der Waals surface area (Å²) in [6.45, 7) is 4.40. The third-order valence-corrected chi connectivity index (χ3v) is 4.27. The molecule has 1 aliphatic rings. The van der Waals surface area contributed by atoms with Crippen LogP contribution in [0, 0.1) is 0 Å². The van der Waals surface area contributed by atoms with E-state index in [2.05, 4.69) is 37.4 Å². The Labute approximate surface area is 126 Å². The van der Waals surface area contributed by atoms with Gasteiger partial charge in [0.05, 0.1) is 5.92 Å². The van der Waals surface area contributed by atoms with Crippen LogP contribution in [-0.4, -0.2) is 5.91 Å². The second-order valence-electron chi connectivity index (χ2n) is 6.06. The Morgan fingerprint density at radius 3 is 2.57 bits per heavy atom. The molecule has 2 aromatic carbocycles. The van der Waals surface area contributed by atoms with Crippen molar-refractivity contribution in [2.45, 2.75) is 38.5 Å². The summed E-state index contributed by atoms with van der Waals surface area (Å²) in [4.78, 5) is 12.5. The van der Waals surface area contributed by atoms with Gasteiger partial charge < -0.3 is 5.32 Å². The first kappa shape index (κ1) is 13.9. The predicted molar refractivity (Wildman–Crippen MR) is 86.7 cm³/mol. The van der Waals surface area contributed by atoms with E-state index in [0.717, 1.165) is 24.1 Å². The van der Waals surface area contributed by atoms with Crippen molar-refractivity contribution in [2.24, 2.45) is 0 Å². The zero-order valence-corrected chi connectivity index (χ0v) is 12.6. The highest BCUT2D eigenvalue weighted by atomic mass is 16.1. The first-order valence-electron chi connectivity index (χ1n) is 7.64. The molecule has 2 nitrogen and oxygen atoms in total. The largest absolute Gasteiger partial charge is 0.325 e. The van der Waals surface area contributed by atoms with E-state index in [1.165, 1.54) is 11.1 Å². The monoisotopic (exact) mass is 279 g/mol. The quantitative estimate of drug-likeness (QED) is 0.863. The van der Waals surface area contributed by atoms with Crippen molar-refractivity contribution in [2.75, 3.05) is 5.32 Å². The molecule has 21 heavy (non-hydrogen) atoms. The van der Waals surface area contributed by atoms with E-state index in [0.29, 0.717) is 5.92 Å². The topological polar surface area (TPSA) is 29.1 Å². The number of fused-ring (bicyclic) bond motifs is 1. The van der Waals surface area contributed by atoms with Crippen molar-refractivity contribution in [3.63, 3.8) is 0 Å². The summed E-state index contributed by atoms with van der Waals surface area (Å²) in [5.41, 5.74) is 4.67. The maximum Gasteiger partial charge on any atom is 0.231 e. The van der Waals surface area contributed by atoms with Crippen molar-refractivity contribution in [3.8, 4) is 0 Å². The predicted octanol–water partition coefficient (Wildman–Crippen LogP) is 4.48. The molecule has 1 amide bonds. The van der Waals surface area contributed by atoms with Crippen LogP contribution in [0.15, 0.2) is 48.5 Å². The van der Waals surface area contributed by atoms with Crippen LogP contribution >= 0.6 is 0 Å². The normalized spacial score (nSPS) is 18.0. The van der Waals surface area contributed by atoms with E-state index in [-0.39, 0.29) is 11.8 Å². The Balaban J connectivity index is 1.90. The van der Waals surface area contributed by atoms with E-state index >= 15 is 0 Å². The minimum atomic E-state index is -0.0545. The van der Waals surface area contributed by atoms with E-state index < -0.39 is 0 Å². The number of aryl methyl sites for hydroxylation is 1. The molecular formula is C19H21NO. The molecule has 2 heteroatoms. The van der Waals surface area contributed by atoms with Crippen LogP contribution in [0.5, 0.6) is 0 Å². The Kier molecular flexibility index (Phi) is 3.78. The Bertz CT molecular complexity index is 646. The average Bonchev–Trinajstić information content (AvgIpc) is 2.65. The highest BCUT2D eigenvalue weighted by molar-refractivity contribution is 5.97. The van der Waals surface area contributed by atoms with Crippen LogP contribution in [0.4, 0.5) is 5.69 Å². The molecule has 0 saturated heterocycles. The van der Waals surface area contributed by atoms with Gasteiger partial charge in [0.2, 0.25) is 5.91 Å². The fraction of sp³-hybridized carbons (Fsp3) is 0.316. The van der Waals surface area contributed by atoms with Crippen LogP contribution < -0.4 is 5.32 Å². The first-order chi connectivity index (χ1) is 10.1. The van der Waals surface area contributed by atoms with Crippen molar-refractivity contribution in [1.82, 2.24) is 0 Å². The molecule has 0 saturated carbocycles. The maximum atomic E-state index is 12.5. The standard InChI is InChI=1S/C19H21NO/c1-13(2)15-9-11-18-16(12-15)8-10-17(19(21)20-18)14-6-4-3-5-7-14/h3-7,9,11-13,17H,8,10H2,1-2H3,(H,20,21)/t17-/m1/s1. The summed E-state index contributed by atoms with van der Waals surface area (Å²) in [6, 6.07) is 16.5. The Morgan fingerprint density at radius 2 is 1.86 bits per heavy atom. The molecule has 0 unspecified atom stereocenters. The molecular weight excluding hydrogens is 258 g/mol. The number of hydrogen-bond donors (Lipinski definition) is 1. The Morgan fingerprint density at radius 1 is 1.10 bits per heavy atom. The van der Waals surface area contributed by atoms with Gasteiger partial charge in [-0.2, -0.15) is 0 Å². The van der Waals surface area contributed by atoms with Crippen LogP contribution in [-0.2, 0) is 11.2 Å².